The minimum atomic E-state index is -10.1. The minimum absolute atomic E-state index is 0.0656. The summed E-state index contributed by atoms with van der Waals surface area (Å²) < 4.78 is 73.2. The third-order valence-corrected chi connectivity index (χ3v) is 3.42. The molecular weight excluding hydrogens is 415 g/mol. The quantitative estimate of drug-likeness (QED) is 0.273. The van der Waals surface area contributed by atoms with Gasteiger partial charge in [-0.25, -0.2) is 9.59 Å². The summed E-state index contributed by atoms with van der Waals surface area (Å²) in [6.07, 6.45) is 0.570. The molecule has 0 unspecified atom stereocenters. The zero-order chi connectivity index (χ0) is 21.1. The van der Waals surface area contributed by atoms with Crippen LogP contribution in [0, 0.1) is 0 Å². The van der Waals surface area contributed by atoms with Gasteiger partial charge in [-0.2, -0.15) is 0 Å². The second kappa shape index (κ2) is 6.78. The van der Waals surface area contributed by atoms with Crippen molar-refractivity contribution in [1.29, 1.82) is 0 Å². The smallest absolute Gasteiger partial charge is 0.435 e. The van der Waals surface area contributed by atoms with Gasteiger partial charge < -0.3 is 13.7 Å². The fraction of sp³-hybridized carbons (Fsp3) is 0.0625. The monoisotopic (exact) mass is 426 g/mol. The van der Waals surface area contributed by atoms with Gasteiger partial charge in [-0.3, -0.25) is 4.79 Å². The van der Waals surface area contributed by atoms with Crippen molar-refractivity contribution in [3.8, 4) is 11.5 Å². The van der Waals surface area contributed by atoms with Gasteiger partial charge in [0.1, 0.15) is 17.8 Å². The number of carbonyl (C=O) groups is 3. The molecule has 0 atom stereocenters. The first-order valence-corrected chi connectivity index (χ1v) is 9.10. The van der Waals surface area contributed by atoms with E-state index in [1.165, 1.54) is 24.3 Å². The van der Waals surface area contributed by atoms with Crippen LogP contribution >= 0.6 is 10.5 Å². The van der Waals surface area contributed by atoms with Crippen LogP contribution in [-0.2, 0) is 9.53 Å². The highest BCUT2D eigenvalue weighted by molar-refractivity contribution is 8.42. The summed E-state index contributed by atoms with van der Waals surface area (Å²) >= 11 is 0. The van der Waals surface area contributed by atoms with Crippen molar-refractivity contribution >= 4 is 28.7 Å². The molecule has 0 amide bonds. The summed E-state index contributed by atoms with van der Waals surface area (Å²) in [6, 6.07) is 7.95. The maximum absolute atomic E-state index is 12.2. The molecule has 0 aliphatic carbocycles. The van der Waals surface area contributed by atoms with Gasteiger partial charge >= 0.3 is 22.4 Å². The Morgan fingerprint density at radius 3 is 1.89 bits per heavy atom. The van der Waals surface area contributed by atoms with E-state index in [0.29, 0.717) is 24.0 Å². The van der Waals surface area contributed by atoms with Crippen molar-refractivity contribution in [3.05, 3.63) is 59.7 Å². The van der Waals surface area contributed by atoms with E-state index in [0.717, 1.165) is 12.1 Å². The SMILES string of the molecule is O=Cc1ccc(C(=O)OCC(=O)Oc2ccc(OS(F)(F)(F)(F)F)cc2)cc1. The van der Waals surface area contributed by atoms with Crippen molar-refractivity contribution in [1.82, 2.24) is 0 Å². The van der Waals surface area contributed by atoms with Crippen LogP contribution < -0.4 is 8.92 Å². The summed E-state index contributed by atoms with van der Waals surface area (Å²) in [7, 11) is -10.1. The molecule has 12 heteroatoms. The van der Waals surface area contributed by atoms with Crippen LogP contribution in [0.2, 0.25) is 0 Å². The van der Waals surface area contributed by atoms with Crippen LogP contribution in [0.1, 0.15) is 20.7 Å². The Balaban J connectivity index is 1.89. The third-order valence-electron chi connectivity index (χ3n) is 2.91. The second-order valence-corrected chi connectivity index (χ2v) is 7.21. The molecule has 2 aromatic rings. The van der Waals surface area contributed by atoms with E-state index in [1.54, 1.807) is 0 Å². The number of halogens is 5. The van der Waals surface area contributed by atoms with Crippen LogP contribution in [0.3, 0.4) is 0 Å². The summed E-state index contributed by atoms with van der Waals surface area (Å²) in [5, 5.41) is 0. The predicted molar refractivity (Wildman–Crippen MR) is 87.9 cm³/mol. The van der Waals surface area contributed by atoms with Gasteiger partial charge in [-0.05, 0) is 36.4 Å². The molecule has 0 fully saturated rings. The van der Waals surface area contributed by atoms with Crippen LogP contribution in [0.15, 0.2) is 48.5 Å². The molecular formula is C16H11F5O6S. The highest BCUT2D eigenvalue weighted by atomic mass is 32.5. The van der Waals surface area contributed by atoms with E-state index in [2.05, 4.69) is 8.92 Å². The van der Waals surface area contributed by atoms with Crippen LogP contribution in [-0.4, -0.2) is 24.8 Å². The average Bonchev–Trinajstić information content (AvgIpc) is 2.59. The Labute approximate surface area is 154 Å². The lowest BCUT2D eigenvalue weighted by atomic mass is 10.1. The van der Waals surface area contributed by atoms with Gasteiger partial charge in [0.05, 0.1) is 5.56 Å². The van der Waals surface area contributed by atoms with Gasteiger partial charge in [0.25, 0.3) is 0 Å². The normalized spacial score (nSPS) is 13.6. The van der Waals surface area contributed by atoms with Crippen molar-refractivity contribution < 1.29 is 47.5 Å². The fourth-order valence-electron chi connectivity index (χ4n) is 1.81. The first-order chi connectivity index (χ1) is 12.7. The number of aldehydes is 1. The summed E-state index contributed by atoms with van der Waals surface area (Å²) in [5.41, 5.74) is 0.393. The van der Waals surface area contributed by atoms with E-state index < -0.39 is 34.8 Å². The Kier molecular flexibility index (Phi) is 5.12. The van der Waals surface area contributed by atoms with Crippen molar-refractivity contribution in [2.45, 2.75) is 0 Å². The molecule has 6 nitrogen and oxygen atoms in total. The van der Waals surface area contributed by atoms with Gasteiger partial charge in [0.15, 0.2) is 6.61 Å². The van der Waals surface area contributed by atoms with E-state index in [4.69, 9.17) is 4.74 Å². The Morgan fingerprint density at radius 2 is 1.39 bits per heavy atom. The van der Waals surface area contributed by atoms with Crippen molar-refractivity contribution in [2.24, 2.45) is 0 Å². The number of esters is 2. The summed E-state index contributed by atoms with van der Waals surface area (Å²) in [5.74, 6) is -3.43. The number of hydrogen-bond acceptors (Lipinski definition) is 6. The van der Waals surface area contributed by atoms with Gasteiger partial charge in [0, 0.05) is 5.56 Å². The molecule has 28 heavy (non-hydrogen) atoms. The molecule has 0 radical (unpaired) electrons. The van der Waals surface area contributed by atoms with Crippen LogP contribution in [0.25, 0.3) is 0 Å². The number of benzene rings is 2. The minimum Gasteiger partial charge on any atom is -0.450 e. The molecule has 0 aliphatic heterocycles. The fourth-order valence-corrected chi connectivity index (χ4v) is 2.29. The topological polar surface area (TPSA) is 78.9 Å². The Morgan fingerprint density at radius 1 is 0.857 bits per heavy atom. The van der Waals surface area contributed by atoms with Crippen LogP contribution in [0.4, 0.5) is 19.4 Å². The predicted octanol–water partition coefficient (Wildman–Crippen LogP) is 4.85. The van der Waals surface area contributed by atoms with E-state index in [1.807, 2.05) is 0 Å². The van der Waals surface area contributed by atoms with Gasteiger partial charge in [-0.1, -0.05) is 31.6 Å². The molecule has 0 saturated heterocycles. The maximum Gasteiger partial charge on any atom is 0.435 e. The number of rotatable bonds is 7. The largest absolute Gasteiger partial charge is 0.450 e. The number of carbonyl (C=O) groups excluding carboxylic acids is 3. The first-order valence-electron chi connectivity index (χ1n) is 7.22. The summed E-state index contributed by atoms with van der Waals surface area (Å²) in [4.78, 5) is 33.8. The molecule has 2 aromatic carbocycles. The molecule has 0 spiro atoms. The van der Waals surface area contributed by atoms with Crippen molar-refractivity contribution in [2.75, 3.05) is 6.61 Å². The molecule has 0 heterocycles. The molecule has 0 aromatic heterocycles. The Hall–Kier alpha value is -3.15. The average molecular weight is 426 g/mol. The first kappa shape index (κ1) is 21.2. The molecule has 0 bridgehead atoms. The molecule has 0 aliphatic rings. The highest BCUT2D eigenvalue weighted by Gasteiger charge is 2.67. The zero-order valence-corrected chi connectivity index (χ0v) is 14.5. The second-order valence-electron chi connectivity index (χ2n) is 5.24. The number of hydrogen-bond donors (Lipinski definition) is 0. The molecule has 152 valence electrons. The molecule has 0 N–H and O–H groups in total. The molecule has 2 rings (SSSR count). The van der Waals surface area contributed by atoms with Crippen molar-refractivity contribution in [3.63, 3.8) is 0 Å². The maximum atomic E-state index is 12.2. The third kappa shape index (κ3) is 7.23. The van der Waals surface area contributed by atoms with Gasteiger partial charge in [-0.15, -0.1) is 0 Å². The van der Waals surface area contributed by atoms with E-state index in [-0.39, 0.29) is 11.3 Å². The lowest BCUT2D eigenvalue weighted by Crippen LogP contribution is -2.19. The lowest BCUT2D eigenvalue weighted by Gasteiger charge is -2.39. The van der Waals surface area contributed by atoms with E-state index in [9.17, 15) is 33.8 Å². The standard InChI is InChI=1S/C16H11F5O6S/c17-28(18,19,20,21)27-14-7-5-13(6-8-14)26-15(23)10-25-16(24)12-3-1-11(9-22)2-4-12/h1-9H,10H2. The molecule has 0 saturated carbocycles. The Bertz CT molecular complexity index is 895. The highest BCUT2D eigenvalue weighted by Crippen LogP contribution is 2.97. The lowest BCUT2D eigenvalue weighted by molar-refractivity contribution is -0.137. The van der Waals surface area contributed by atoms with Crippen LogP contribution in [0.5, 0.6) is 11.5 Å². The van der Waals surface area contributed by atoms with Gasteiger partial charge in [0.2, 0.25) is 0 Å². The summed E-state index contributed by atoms with van der Waals surface area (Å²) in [6.45, 7) is -0.821. The van der Waals surface area contributed by atoms with E-state index >= 15 is 0 Å². The number of ether oxygens (including phenoxy) is 2. The zero-order valence-electron chi connectivity index (χ0n) is 13.7.